The molecule has 0 spiro atoms. The van der Waals surface area contributed by atoms with Crippen LogP contribution in [-0.2, 0) is 10.0 Å². The van der Waals surface area contributed by atoms with Crippen molar-refractivity contribution in [3.05, 3.63) is 23.8 Å². The van der Waals surface area contributed by atoms with E-state index in [-0.39, 0.29) is 0 Å². The summed E-state index contributed by atoms with van der Waals surface area (Å²) in [6, 6.07) is 5.09. The minimum Gasteiger partial charge on any atom is -0.496 e. The zero-order chi connectivity index (χ0) is 14.3. The third-order valence-electron chi connectivity index (χ3n) is 4.70. The van der Waals surface area contributed by atoms with Gasteiger partial charge < -0.3 is 4.74 Å². The van der Waals surface area contributed by atoms with Crippen molar-refractivity contribution in [2.45, 2.75) is 31.1 Å². The van der Waals surface area contributed by atoms with E-state index in [9.17, 15) is 8.42 Å². The van der Waals surface area contributed by atoms with Crippen LogP contribution in [-0.4, -0.2) is 32.9 Å². The lowest BCUT2D eigenvalue weighted by Gasteiger charge is -2.18. The molecule has 0 aromatic heterocycles. The van der Waals surface area contributed by atoms with Crippen molar-refractivity contribution in [3.63, 3.8) is 0 Å². The number of rotatable bonds is 3. The van der Waals surface area contributed by atoms with Crippen LogP contribution >= 0.6 is 0 Å². The Bertz CT molecular complexity index is 600. The average Bonchev–Trinajstić information content (AvgIpc) is 2.99. The van der Waals surface area contributed by atoms with Gasteiger partial charge in [-0.3, -0.25) is 0 Å². The number of hydrogen-bond donors (Lipinski definition) is 0. The van der Waals surface area contributed by atoms with E-state index in [1.807, 2.05) is 6.92 Å². The molecule has 2 atom stereocenters. The molecule has 1 aromatic rings. The van der Waals surface area contributed by atoms with Crippen LogP contribution in [0.3, 0.4) is 0 Å². The summed E-state index contributed by atoms with van der Waals surface area (Å²) >= 11 is 0. The minimum absolute atomic E-state index is 0.385. The van der Waals surface area contributed by atoms with Gasteiger partial charge in [0.25, 0.3) is 0 Å². The first kappa shape index (κ1) is 13.9. The Balaban J connectivity index is 1.87. The molecule has 4 nitrogen and oxygen atoms in total. The first-order valence-corrected chi connectivity index (χ1v) is 8.61. The van der Waals surface area contributed by atoms with Crippen molar-refractivity contribution in [2.75, 3.05) is 20.2 Å². The zero-order valence-electron chi connectivity index (χ0n) is 12.0. The fraction of sp³-hybridized carbons (Fsp3) is 0.600. The van der Waals surface area contributed by atoms with Gasteiger partial charge in [-0.05, 0) is 55.4 Å². The molecule has 1 saturated heterocycles. The summed E-state index contributed by atoms with van der Waals surface area (Å²) in [7, 11) is -1.76. The van der Waals surface area contributed by atoms with Crippen molar-refractivity contribution < 1.29 is 13.2 Å². The molecule has 1 aromatic carbocycles. The second-order valence-corrected chi connectivity index (χ2v) is 7.84. The fourth-order valence-electron chi connectivity index (χ4n) is 3.55. The molecule has 0 radical (unpaired) electrons. The van der Waals surface area contributed by atoms with Gasteiger partial charge in [0.2, 0.25) is 10.0 Å². The molecule has 110 valence electrons. The van der Waals surface area contributed by atoms with Crippen molar-refractivity contribution in [2.24, 2.45) is 11.8 Å². The van der Waals surface area contributed by atoms with Crippen molar-refractivity contribution in [1.82, 2.24) is 4.31 Å². The van der Waals surface area contributed by atoms with Crippen LogP contribution in [0.4, 0.5) is 0 Å². The molecule has 1 heterocycles. The summed E-state index contributed by atoms with van der Waals surface area (Å²) in [5.41, 5.74) is 0.855. The Morgan fingerprint density at radius 2 is 1.85 bits per heavy atom. The van der Waals surface area contributed by atoms with Crippen LogP contribution in [0.5, 0.6) is 5.75 Å². The molecule has 0 bridgehead atoms. The fourth-order valence-corrected chi connectivity index (χ4v) is 5.19. The third kappa shape index (κ3) is 2.23. The molecule has 2 aliphatic rings. The van der Waals surface area contributed by atoms with E-state index >= 15 is 0 Å². The van der Waals surface area contributed by atoms with Crippen LogP contribution in [0.2, 0.25) is 0 Å². The smallest absolute Gasteiger partial charge is 0.243 e. The second kappa shape index (κ2) is 5.04. The molecule has 1 aliphatic heterocycles. The van der Waals surface area contributed by atoms with Crippen LogP contribution in [0.1, 0.15) is 24.8 Å². The Morgan fingerprint density at radius 1 is 1.20 bits per heavy atom. The highest BCUT2D eigenvalue weighted by molar-refractivity contribution is 7.89. The van der Waals surface area contributed by atoms with Gasteiger partial charge in [-0.25, -0.2) is 8.42 Å². The number of sulfonamides is 1. The van der Waals surface area contributed by atoms with Gasteiger partial charge in [0.15, 0.2) is 0 Å². The van der Waals surface area contributed by atoms with Crippen LogP contribution < -0.4 is 4.74 Å². The highest BCUT2D eigenvalue weighted by Gasteiger charge is 2.41. The normalized spacial score (nSPS) is 26.7. The SMILES string of the molecule is COc1ccc(S(=O)(=O)N2CC3CCCC3C2)cc1C. The van der Waals surface area contributed by atoms with Gasteiger partial charge in [0.05, 0.1) is 12.0 Å². The first-order valence-electron chi connectivity index (χ1n) is 7.17. The third-order valence-corrected chi connectivity index (χ3v) is 6.52. The summed E-state index contributed by atoms with van der Waals surface area (Å²) < 4.78 is 32.3. The highest BCUT2D eigenvalue weighted by atomic mass is 32.2. The maximum Gasteiger partial charge on any atom is 0.243 e. The lowest BCUT2D eigenvalue weighted by molar-refractivity contribution is 0.411. The molecular formula is C15H21NO3S. The second-order valence-electron chi connectivity index (χ2n) is 5.90. The van der Waals surface area contributed by atoms with Gasteiger partial charge in [0.1, 0.15) is 5.75 Å². The number of nitrogens with zero attached hydrogens (tertiary/aromatic N) is 1. The topological polar surface area (TPSA) is 46.6 Å². The predicted octanol–water partition coefficient (Wildman–Crippen LogP) is 2.42. The van der Waals surface area contributed by atoms with Gasteiger partial charge in [-0.2, -0.15) is 4.31 Å². The Morgan fingerprint density at radius 3 is 2.40 bits per heavy atom. The molecule has 0 amide bonds. The van der Waals surface area contributed by atoms with E-state index in [1.165, 1.54) is 19.3 Å². The van der Waals surface area contributed by atoms with Crippen LogP contribution in [0.25, 0.3) is 0 Å². The Kier molecular flexibility index (Phi) is 3.50. The molecule has 5 heteroatoms. The lowest BCUT2D eigenvalue weighted by atomic mass is 10.0. The molecule has 2 unspecified atom stereocenters. The first-order chi connectivity index (χ1) is 9.52. The standard InChI is InChI=1S/C15H21NO3S/c1-11-8-14(6-7-15(11)19-2)20(17,18)16-9-12-4-3-5-13(12)10-16/h6-8,12-13H,3-5,9-10H2,1-2H3. The largest absolute Gasteiger partial charge is 0.496 e. The molecule has 1 aliphatic carbocycles. The number of hydrogen-bond acceptors (Lipinski definition) is 3. The summed E-state index contributed by atoms with van der Waals surface area (Å²) in [5, 5.41) is 0. The molecule has 3 rings (SSSR count). The van der Waals surface area contributed by atoms with Gasteiger partial charge in [0, 0.05) is 13.1 Å². The quantitative estimate of drug-likeness (QED) is 0.860. The number of methoxy groups -OCH3 is 1. The monoisotopic (exact) mass is 295 g/mol. The summed E-state index contributed by atoms with van der Waals surface area (Å²) in [5.74, 6) is 1.87. The maximum absolute atomic E-state index is 12.7. The van der Waals surface area contributed by atoms with Gasteiger partial charge >= 0.3 is 0 Å². The molecule has 20 heavy (non-hydrogen) atoms. The zero-order valence-corrected chi connectivity index (χ0v) is 12.8. The number of ether oxygens (including phenoxy) is 1. The number of fused-ring (bicyclic) bond motifs is 1. The Hall–Kier alpha value is -1.07. The van der Waals surface area contributed by atoms with E-state index in [1.54, 1.807) is 29.6 Å². The van der Waals surface area contributed by atoms with E-state index in [2.05, 4.69) is 0 Å². The van der Waals surface area contributed by atoms with Crippen LogP contribution in [0, 0.1) is 18.8 Å². The van der Waals surface area contributed by atoms with Crippen LogP contribution in [0.15, 0.2) is 23.1 Å². The lowest BCUT2D eigenvalue weighted by Crippen LogP contribution is -2.29. The molecule has 0 N–H and O–H groups in total. The Labute approximate surface area is 120 Å². The summed E-state index contributed by atoms with van der Waals surface area (Å²) in [6.45, 7) is 3.26. The minimum atomic E-state index is -3.35. The maximum atomic E-state index is 12.7. The molecule has 1 saturated carbocycles. The number of benzene rings is 1. The van der Waals surface area contributed by atoms with E-state index < -0.39 is 10.0 Å². The van der Waals surface area contributed by atoms with E-state index in [4.69, 9.17) is 4.74 Å². The molecular weight excluding hydrogens is 274 g/mol. The number of aryl methyl sites for hydroxylation is 1. The van der Waals surface area contributed by atoms with Gasteiger partial charge in [-0.15, -0.1) is 0 Å². The van der Waals surface area contributed by atoms with Crippen molar-refractivity contribution >= 4 is 10.0 Å². The predicted molar refractivity (Wildman–Crippen MR) is 77.3 cm³/mol. The molecule has 2 fully saturated rings. The van der Waals surface area contributed by atoms with Gasteiger partial charge in [-0.1, -0.05) is 6.42 Å². The average molecular weight is 295 g/mol. The highest BCUT2D eigenvalue weighted by Crippen LogP contribution is 2.40. The van der Waals surface area contributed by atoms with Crippen molar-refractivity contribution in [3.8, 4) is 5.75 Å². The van der Waals surface area contributed by atoms with E-state index in [0.29, 0.717) is 29.8 Å². The summed E-state index contributed by atoms with van der Waals surface area (Å²) in [6.07, 6.45) is 3.61. The van der Waals surface area contributed by atoms with Crippen molar-refractivity contribution in [1.29, 1.82) is 0 Å². The summed E-state index contributed by atoms with van der Waals surface area (Å²) in [4.78, 5) is 0.385. The van der Waals surface area contributed by atoms with E-state index in [0.717, 1.165) is 11.3 Å².